The lowest BCUT2D eigenvalue weighted by Gasteiger charge is -2.29. The van der Waals surface area contributed by atoms with Crippen LogP contribution in [0, 0.1) is 0 Å². The number of hydrogen-bond donors (Lipinski definition) is 4. The van der Waals surface area contributed by atoms with Crippen molar-refractivity contribution in [2.24, 2.45) is 5.73 Å². The first kappa shape index (κ1) is 49.1. The number of benzene rings is 3. The first-order valence-electron chi connectivity index (χ1n) is 22.5. The number of anilines is 2. The van der Waals surface area contributed by atoms with Crippen molar-refractivity contribution in [1.82, 2.24) is 0 Å². The Labute approximate surface area is 384 Å². The minimum atomic E-state index is -4.39. The molecule has 0 saturated heterocycles. The molecule has 0 bridgehead atoms. The molecule has 0 spiro atoms. The lowest BCUT2D eigenvalue weighted by atomic mass is 9.81. The smallest absolute Gasteiger partial charge is 0.294 e. The third kappa shape index (κ3) is 11.2. The highest BCUT2D eigenvalue weighted by Crippen LogP contribution is 2.49. The van der Waals surface area contributed by atoms with E-state index in [4.69, 9.17) is 5.73 Å². The van der Waals surface area contributed by atoms with Crippen molar-refractivity contribution in [2.75, 3.05) is 85.2 Å². The quantitative estimate of drug-likeness (QED) is 0.0461. The average Bonchev–Trinajstić information content (AvgIpc) is 3.53. The van der Waals surface area contributed by atoms with E-state index in [1.807, 2.05) is 18.2 Å². The van der Waals surface area contributed by atoms with Crippen molar-refractivity contribution in [3.8, 4) is 0 Å². The van der Waals surface area contributed by atoms with Gasteiger partial charge in [-0.3, -0.25) is 4.55 Å². The van der Waals surface area contributed by atoms with E-state index in [1.54, 1.807) is 12.1 Å². The minimum absolute atomic E-state index is 0.102. The minimum Gasteiger partial charge on any atom is -0.355 e. The van der Waals surface area contributed by atoms with Crippen molar-refractivity contribution >= 4 is 48.6 Å². The number of hydrogen-bond acceptors (Lipinski definition) is 6. The van der Waals surface area contributed by atoms with Crippen molar-refractivity contribution < 1.29 is 35.3 Å². The second kappa shape index (κ2) is 18.5. The summed E-state index contributed by atoms with van der Waals surface area (Å²) in [6, 6.07) is 19.0. The third-order valence-electron chi connectivity index (χ3n) is 12.9. The molecule has 6 rings (SSSR count). The molecule has 3 aromatic carbocycles. The van der Waals surface area contributed by atoms with Gasteiger partial charge in [0.1, 0.15) is 9.80 Å². The summed E-state index contributed by atoms with van der Waals surface area (Å²) in [5.74, 6) is 3.57. The standard InChI is InChI=1S/C51H70N6O5S2/c1-50(2)43-35-41(63(11,58)59)23-25-45(43)54(31-13-33-56(5,6)7)47(50)27-19-38-15-12-16-39(49(38)53-40-21-17-37(18-22-40)29-30-52)20-28-48-51(3,4)44-36-42(64(60,61)62)24-26-46(44)55(48)32-14-34-57(8,9)10/h17-28,35-36H,11-16,29-34,52H2,1-10H3/p+3. The lowest BCUT2D eigenvalue weighted by molar-refractivity contribution is -0.871. The van der Waals surface area contributed by atoms with E-state index in [0.717, 1.165) is 125 Å². The zero-order valence-corrected chi connectivity index (χ0v) is 41.5. The summed E-state index contributed by atoms with van der Waals surface area (Å²) in [5, 5.41) is 3.85. The van der Waals surface area contributed by atoms with Crippen molar-refractivity contribution in [3.05, 3.63) is 124 Å². The van der Waals surface area contributed by atoms with Gasteiger partial charge in [0.05, 0.1) is 77.0 Å². The van der Waals surface area contributed by atoms with Gasteiger partial charge in [0.2, 0.25) is 5.69 Å². The molecule has 0 aromatic heterocycles. The maximum atomic E-state index is 12.8. The van der Waals surface area contributed by atoms with Gasteiger partial charge in [-0.25, -0.2) is 4.21 Å². The van der Waals surface area contributed by atoms with E-state index in [9.17, 15) is 21.7 Å². The molecule has 2 heterocycles. The molecular weight excluding hydrogens is 841 g/mol. The Hall–Kier alpha value is -4.34. The number of nitrogens with zero attached hydrogens (tertiary/aromatic N) is 4. The van der Waals surface area contributed by atoms with Crippen LogP contribution in [0.3, 0.4) is 0 Å². The molecule has 1 aliphatic carbocycles. The van der Waals surface area contributed by atoms with Crippen LogP contribution in [0.5, 0.6) is 0 Å². The van der Waals surface area contributed by atoms with Crippen LogP contribution in [0.2, 0.25) is 0 Å². The van der Waals surface area contributed by atoms with Crippen molar-refractivity contribution in [1.29, 1.82) is 0 Å². The van der Waals surface area contributed by atoms with E-state index in [1.165, 1.54) is 17.2 Å². The van der Waals surface area contributed by atoms with Crippen LogP contribution in [0.1, 0.15) is 76.5 Å². The number of quaternary nitrogens is 2. The molecule has 1 unspecified atom stereocenters. The molecule has 0 saturated carbocycles. The van der Waals surface area contributed by atoms with Gasteiger partial charge in [-0.05, 0) is 123 Å². The van der Waals surface area contributed by atoms with Gasteiger partial charge in [-0.2, -0.15) is 13.0 Å². The summed E-state index contributed by atoms with van der Waals surface area (Å²) in [4.78, 5) is 2.55. The lowest BCUT2D eigenvalue weighted by Crippen LogP contribution is -2.37. The first-order valence-corrected chi connectivity index (χ1v) is 25.6. The molecule has 0 radical (unpaired) electrons. The Morgan fingerprint density at radius 3 is 2.08 bits per heavy atom. The van der Waals surface area contributed by atoms with Gasteiger partial charge in [-0.1, -0.05) is 38.1 Å². The van der Waals surface area contributed by atoms with Crippen LogP contribution < -0.4 is 16.0 Å². The number of fused-ring (bicyclic) bond motifs is 2. The van der Waals surface area contributed by atoms with E-state index in [0.29, 0.717) is 11.4 Å². The largest absolute Gasteiger partial charge is 0.355 e. The van der Waals surface area contributed by atoms with Gasteiger partial charge >= 0.3 is 0 Å². The summed E-state index contributed by atoms with van der Waals surface area (Å²) >= 11 is 0. The fourth-order valence-electron chi connectivity index (χ4n) is 9.40. The van der Waals surface area contributed by atoms with Crippen LogP contribution >= 0.6 is 0 Å². The van der Waals surface area contributed by atoms with Crippen LogP contribution in [0.4, 0.5) is 17.1 Å². The number of nitrogens with one attached hydrogen (secondary N) is 1. The zero-order valence-electron chi connectivity index (χ0n) is 39.9. The molecule has 0 fully saturated rings. The molecule has 64 heavy (non-hydrogen) atoms. The molecule has 0 amide bonds. The predicted molar refractivity (Wildman–Crippen MR) is 266 cm³/mol. The SMILES string of the molecule is C=S(=O)(O)c1ccc2c(c1)C(C)(C)C(C=CC1=C(Nc3ccc(CCN)cc3)C(=CC=C3N(CCC[N+](C)(C)C)c4ccc(S(=O)(=O)O)cc4C3(C)C)CCC1)=[N+]2CCC[N+](C)(C)C. The summed E-state index contributed by atoms with van der Waals surface area (Å²) in [6.45, 7) is 12.7. The highest BCUT2D eigenvalue weighted by molar-refractivity contribution is 7.95. The molecule has 346 valence electrons. The number of allylic oxidation sites excluding steroid dienone is 7. The molecule has 2 aliphatic heterocycles. The summed E-state index contributed by atoms with van der Waals surface area (Å²) < 4.78 is 62.0. The summed E-state index contributed by atoms with van der Waals surface area (Å²) in [5.41, 5.74) is 16.5. The maximum absolute atomic E-state index is 12.8. The normalized spacial score (nSPS) is 19.8. The number of nitrogens with two attached hydrogens (primary N) is 1. The average molecular weight is 914 g/mol. The predicted octanol–water partition coefficient (Wildman–Crippen LogP) is 8.27. The van der Waals surface area contributed by atoms with Gasteiger partial charge in [-0.15, -0.1) is 0 Å². The van der Waals surface area contributed by atoms with Crippen molar-refractivity contribution in [2.45, 2.75) is 86.8 Å². The fourth-order valence-corrected chi connectivity index (χ4v) is 10.5. The monoisotopic (exact) mass is 914 g/mol. The van der Waals surface area contributed by atoms with Crippen molar-refractivity contribution in [3.63, 3.8) is 0 Å². The highest BCUT2D eigenvalue weighted by atomic mass is 32.2. The van der Waals surface area contributed by atoms with E-state index in [2.05, 4.69) is 139 Å². The van der Waals surface area contributed by atoms with Gasteiger partial charge < -0.3 is 29.5 Å². The Morgan fingerprint density at radius 1 is 0.812 bits per heavy atom. The molecule has 11 nitrogen and oxygen atoms in total. The Kier molecular flexibility index (Phi) is 14.2. The molecule has 3 aromatic rings. The second-order valence-electron chi connectivity index (χ2n) is 20.8. The third-order valence-corrected chi connectivity index (χ3v) is 14.7. The Morgan fingerprint density at radius 2 is 1.45 bits per heavy atom. The van der Waals surface area contributed by atoms with Crippen LogP contribution in [0.15, 0.2) is 117 Å². The van der Waals surface area contributed by atoms with Crippen LogP contribution in [-0.2, 0) is 37.2 Å². The Bertz CT molecular complexity index is 2640. The molecule has 13 heteroatoms. The molecule has 3 aliphatic rings. The fraction of sp³-hybridized carbons (Fsp3) is 0.451. The summed E-state index contributed by atoms with van der Waals surface area (Å²) in [7, 11) is 5.39. The van der Waals surface area contributed by atoms with Gasteiger partial charge in [0, 0.05) is 58.9 Å². The zero-order chi connectivity index (χ0) is 47.0. The Balaban J connectivity index is 1.48. The van der Waals surface area contributed by atoms with Crippen LogP contribution in [0.25, 0.3) is 0 Å². The van der Waals surface area contributed by atoms with Crippen LogP contribution in [-0.4, -0.2) is 122 Å². The van der Waals surface area contributed by atoms with E-state index >= 15 is 0 Å². The highest BCUT2D eigenvalue weighted by Gasteiger charge is 2.45. The topological polar surface area (TPSA) is 136 Å². The van der Waals surface area contributed by atoms with E-state index < -0.39 is 30.8 Å². The molecular formula is C51H73N6O5S2+3. The molecule has 5 N–H and O–H groups in total. The second-order valence-corrected chi connectivity index (χ2v) is 24.0. The first-order chi connectivity index (χ1) is 29.7. The maximum Gasteiger partial charge on any atom is 0.294 e. The number of rotatable bonds is 17. The molecule has 1 atom stereocenters. The van der Waals surface area contributed by atoms with E-state index in [-0.39, 0.29) is 4.90 Å². The van der Waals surface area contributed by atoms with Gasteiger partial charge in [0.15, 0.2) is 12.3 Å². The van der Waals surface area contributed by atoms with Gasteiger partial charge in [0.25, 0.3) is 10.1 Å². The summed E-state index contributed by atoms with van der Waals surface area (Å²) in [6.07, 6.45) is 14.3.